The number of hydrogen-bond donors (Lipinski definition) is 0. The first kappa shape index (κ1) is 14.5. The van der Waals surface area contributed by atoms with Crippen LogP contribution in [-0.4, -0.2) is 27.9 Å². The Labute approximate surface area is 135 Å². The summed E-state index contributed by atoms with van der Waals surface area (Å²) in [5, 5.41) is 2.68. The Morgan fingerprint density at radius 3 is 2.24 bits per heavy atom. The molecule has 0 aliphatic rings. The summed E-state index contributed by atoms with van der Waals surface area (Å²) in [7, 11) is 6.19. The summed E-state index contributed by atoms with van der Waals surface area (Å²) in [6.45, 7) is 0. The molecular weight excluding hydrogens is 341 g/mol. The topological polar surface area (TPSA) is 3.24 Å². The fourth-order valence-electron chi connectivity index (χ4n) is 2.30. The van der Waals surface area contributed by atoms with Crippen LogP contribution in [0, 0.1) is 0 Å². The van der Waals surface area contributed by atoms with E-state index in [1.54, 1.807) is 0 Å². The van der Waals surface area contributed by atoms with Gasteiger partial charge in [-0.2, -0.15) is 0 Å². The van der Waals surface area contributed by atoms with Crippen LogP contribution < -0.4 is 9.36 Å². The molecule has 0 heterocycles. The zero-order chi connectivity index (χ0) is 14.7. The fourth-order valence-corrected chi connectivity index (χ4v) is 6.11. The standard InChI is InChI=1S/C18H17NSSe/c1-19(2)16-12-6-8-14-9-7-13-17(18(14)16)20-21-15-10-4-3-5-11-15/h3-13H,1-2H3. The SMILES string of the molecule is CN(C)c1cccc2cccc(S[Se]c3ccccc3)c12. The predicted octanol–water partition coefficient (Wildman–Crippen LogP) is 3.94. The Bertz CT molecular complexity index is 735. The average Bonchev–Trinajstić information content (AvgIpc) is 2.53. The Hall–Kier alpha value is -1.41. The molecule has 0 amide bonds. The van der Waals surface area contributed by atoms with Gasteiger partial charge in [0, 0.05) is 0 Å². The zero-order valence-corrected chi connectivity index (χ0v) is 14.6. The summed E-state index contributed by atoms with van der Waals surface area (Å²) in [5.74, 6) is 0. The van der Waals surface area contributed by atoms with Gasteiger partial charge in [0.25, 0.3) is 0 Å². The third-order valence-corrected chi connectivity index (χ3v) is 7.53. The summed E-state index contributed by atoms with van der Waals surface area (Å²) < 4.78 is 1.43. The van der Waals surface area contributed by atoms with Gasteiger partial charge in [0.2, 0.25) is 0 Å². The van der Waals surface area contributed by atoms with Crippen molar-refractivity contribution in [2.45, 2.75) is 4.90 Å². The van der Waals surface area contributed by atoms with Crippen LogP contribution in [0.4, 0.5) is 5.69 Å². The molecule has 0 saturated carbocycles. The van der Waals surface area contributed by atoms with E-state index in [1.165, 1.54) is 25.8 Å². The van der Waals surface area contributed by atoms with Crippen molar-refractivity contribution in [2.75, 3.05) is 19.0 Å². The van der Waals surface area contributed by atoms with E-state index in [1.807, 2.05) is 10.2 Å². The van der Waals surface area contributed by atoms with Crippen molar-refractivity contribution in [3.8, 4) is 0 Å². The molecule has 0 bridgehead atoms. The van der Waals surface area contributed by atoms with Crippen molar-refractivity contribution in [1.82, 2.24) is 0 Å². The second-order valence-corrected chi connectivity index (χ2v) is 8.87. The molecule has 3 heteroatoms. The van der Waals surface area contributed by atoms with E-state index in [4.69, 9.17) is 0 Å². The van der Waals surface area contributed by atoms with Gasteiger partial charge in [-0.3, -0.25) is 0 Å². The van der Waals surface area contributed by atoms with Crippen LogP contribution >= 0.6 is 10.2 Å². The second-order valence-electron chi connectivity index (χ2n) is 5.01. The Balaban J connectivity index is 1.98. The first-order valence-corrected chi connectivity index (χ1v) is 10.5. The van der Waals surface area contributed by atoms with Gasteiger partial charge in [0.05, 0.1) is 0 Å². The van der Waals surface area contributed by atoms with Crippen molar-refractivity contribution in [1.29, 1.82) is 0 Å². The Morgan fingerprint density at radius 2 is 1.52 bits per heavy atom. The summed E-state index contributed by atoms with van der Waals surface area (Å²) in [4.78, 5) is 3.57. The van der Waals surface area contributed by atoms with E-state index < -0.39 is 0 Å². The number of hydrogen-bond acceptors (Lipinski definition) is 2. The van der Waals surface area contributed by atoms with Crippen LogP contribution in [0.5, 0.6) is 0 Å². The number of rotatable bonds is 4. The van der Waals surface area contributed by atoms with E-state index in [9.17, 15) is 0 Å². The van der Waals surface area contributed by atoms with Crippen LogP contribution in [0.3, 0.4) is 0 Å². The van der Waals surface area contributed by atoms with Crippen molar-refractivity contribution < 1.29 is 0 Å². The normalized spacial score (nSPS) is 10.8. The quantitative estimate of drug-likeness (QED) is 0.650. The molecule has 0 atom stereocenters. The van der Waals surface area contributed by atoms with E-state index in [0.29, 0.717) is 13.8 Å². The fraction of sp³-hybridized carbons (Fsp3) is 0.111. The maximum absolute atomic E-state index is 2.24. The summed E-state index contributed by atoms with van der Waals surface area (Å²) in [5.41, 5.74) is 1.29. The van der Waals surface area contributed by atoms with Gasteiger partial charge in [-0.25, -0.2) is 0 Å². The molecule has 3 rings (SSSR count). The molecule has 1 nitrogen and oxygen atoms in total. The van der Waals surface area contributed by atoms with E-state index >= 15 is 0 Å². The predicted molar refractivity (Wildman–Crippen MR) is 96.0 cm³/mol. The molecule has 0 aliphatic carbocycles. The number of anilines is 1. The first-order valence-electron chi connectivity index (χ1n) is 6.84. The van der Waals surface area contributed by atoms with Crippen molar-refractivity contribution in [3.05, 3.63) is 66.7 Å². The van der Waals surface area contributed by atoms with Crippen LogP contribution in [0.1, 0.15) is 0 Å². The van der Waals surface area contributed by atoms with Gasteiger partial charge < -0.3 is 0 Å². The Morgan fingerprint density at radius 1 is 0.810 bits per heavy atom. The monoisotopic (exact) mass is 359 g/mol. The number of benzene rings is 3. The van der Waals surface area contributed by atoms with Gasteiger partial charge in [0.1, 0.15) is 0 Å². The van der Waals surface area contributed by atoms with Gasteiger partial charge in [0.15, 0.2) is 0 Å². The van der Waals surface area contributed by atoms with Crippen LogP contribution in [0.2, 0.25) is 0 Å². The van der Waals surface area contributed by atoms with Crippen molar-refractivity contribution in [2.24, 2.45) is 0 Å². The summed E-state index contributed by atoms with van der Waals surface area (Å²) >= 11 is 0.398. The third-order valence-electron chi connectivity index (χ3n) is 3.30. The van der Waals surface area contributed by atoms with Crippen LogP contribution in [0.15, 0.2) is 71.6 Å². The van der Waals surface area contributed by atoms with Crippen molar-refractivity contribution in [3.63, 3.8) is 0 Å². The van der Waals surface area contributed by atoms with Gasteiger partial charge >= 0.3 is 136 Å². The molecule has 0 aliphatic heterocycles. The second kappa shape index (κ2) is 6.57. The Kier molecular flexibility index (Phi) is 4.54. The molecule has 0 unspecified atom stereocenters. The zero-order valence-electron chi connectivity index (χ0n) is 12.1. The minimum atomic E-state index is 0.398. The molecule has 0 N–H and O–H groups in total. The molecule has 0 fully saturated rings. The van der Waals surface area contributed by atoms with E-state index in [2.05, 4.69) is 85.7 Å². The number of fused-ring (bicyclic) bond motifs is 1. The first-order chi connectivity index (χ1) is 10.3. The minimum absolute atomic E-state index is 0.398. The molecular formula is C18H17NSSe. The van der Waals surface area contributed by atoms with Gasteiger partial charge in [-0.15, -0.1) is 0 Å². The molecule has 0 spiro atoms. The van der Waals surface area contributed by atoms with E-state index in [-0.39, 0.29) is 0 Å². The third kappa shape index (κ3) is 3.26. The number of nitrogens with zero attached hydrogens (tertiary/aromatic N) is 1. The molecule has 0 saturated heterocycles. The molecule has 0 aromatic heterocycles. The van der Waals surface area contributed by atoms with Gasteiger partial charge in [-0.05, 0) is 0 Å². The summed E-state index contributed by atoms with van der Waals surface area (Å²) in [6.07, 6.45) is 0. The average molecular weight is 358 g/mol. The van der Waals surface area contributed by atoms with E-state index in [0.717, 1.165) is 0 Å². The molecule has 3 aromatic carbocycles. The molecule has 21 heavy (non-hydrogen) atoms. The molecule has 0 radical (unpaired) electrons. The maximum atomic E-state index is 2.24. The molecule has 106 valence electrons. The summed E-state index contributed by atoms with van der Waals surface area (Å²) in [6, 6.07) is 23.9. The van der Waals surface area contributed by atoms with Crippen LogP contribution in [0.25, 0.3) is 10.8 Å². The molecule has 3 aromatic rings. The van der Waals surface area contributed by atoms with Crippen molar-refractivity contribution >= 4 is 44.9 Å². The van der Waals surface area contributed by atoms with Gasteiger partial charge in [-0.1, -0.05) is 0 Å². The van der Waals surface area contributed by atoms with Crippen LogP contribution in [-0.2, 0) is 0 Å².